The highest BCUT2D eigenvalue weighted by molar-refractivity contribution is 6.46. The van der Waals surface area contributed by atoms with Crippen LogP contribution in [0.3, 0.4) is 0 Å². The van der Waals surface area contributed by atoms with Crippen molar-refractivity contribution in [3.63, 3.8) is 0 Å². The standard InChI is InChI=1S/C23H25NO5/c1-4-5-12-24-20(16-10-11-17(25)18(13-16)29-3)19(22(27)23(24)28)21(26)15-8-6-14(2)7-9-15/h6-11,13,20,25-26H,4-5,12H2,1-3H3. The van der Waals surface area contributed by atoms with Gasteiger partial charge in [0, 0.05) is 12.1 Å². The van der Waals surface area contributed by atoms with Crippen molar-refractivity contribution in [1.82, 2.24) is 4.90 Å². The number of hydrogen-bond donors (Lipinski definition) is 2. The number of ether oxygens (including phenoxy) is 1. The molecule has 0 radical (unpaired) electrons. The number of aliphatic hydroxyl groups excluding tert-OH is 1. The number of unbranched alkanes of at least 4 members (excludes halogenated alkanes) is 1. The van der Waals surface area contributed by atoms with Crippen LogP contribution in [0.1, 0.15) is 42.5 Å². The van der Waals surface area contributed by atoms with Gasteiger partial charge in [0.1, 0.15) is 5.76 Å². The topological polar surface area (TPSA) is 87.1 Å². The van der Waals surface area contributed by atoms with Crippen molar-refractivity contribution in [2.24, 2.45) is 0 Å². The fourth-order valence-corrected chi connectivity index (χ4v) is 3.52. The first kappa shape index (κ1) is 20.5. The molecule has 0 aliphatic carbocycles. The van der Waals surface area contributed by atoms with Gasteiger partial charge in [-0.25, -0.2) is 0 Å². The summed E-state index contributed by atoms with van der Waals surface area (Å²) in [6.45, 7) is 4.32. The fraction of sp³-hybridized carbons (Fsp3) is 0.304. The van der Waals surface area contributed by atoms with Gasteiger partial charge in [0.15, 0.2) is 11.5 Å². The van der Waals surface area contributed by atoms with E-state index in [1.54, 1.807) is 24.3 Å². The number of rotatable bonds is 6. The molecule has 0 aromatic heterocycles. The molecule has 29 heavy (non-hydrogen) atoms. The average Bonchev–Trinajstić information content (AvgIpc) is 2.97. The Morgan fingerprint density at radius 3 is 2.45 bits per heavy atom. The molecule has 2 aromatic rings. The minimum absolute atomic E-state index is 0.0414. The zero-order valence-electron chi connectivity index (χ0n) is 16.8. The number of phenols is 1. The summed E-state index contributed by atoms with van der Waals surface area (Å²) in [5, 5.41) is 20.9. The molecular formula is C23H25NO5. The predicted octanol–water partition coefficient (Wildman–Crippen LogP) is 3.93. The highest BCUT2D eigenvalue weighted by atomic mass is 16.5. The summed E-state index contributed by atoms with van der Waals surface area (Å²) in [5.41, 5.74) is 2.12. The zero-order valence-corrected chi connectivity index (χ0v) is 16.8. The summed E-state index contributed by atoms with van der Waals surface area (Å²) in [4.78, 5) is 27.1. The third-order valence-corrected chi connectivity index (χ3v) is 5.14. The molecule has 0 saturated carbocycles. The van der Waals surface area contributed by atoms with Gasteiger partial charge in [0.05, 0.1) is 18.7 Å². The summed E-state index contributed by atoms with van der Waals surface area (Å²) in [6, 6.07) is 11.0. The molecular weight excluding hydrogens is 370 g/mol. The minimum atomic E-state index is -0.752. The van der Waals surface area contributed by atoms with Crippen LogP contribution in [0.5, 0.6) is 11.5 Å². The van der Waals surface area contributed by atoms with Crippen LogP contribution in [-0.4, -0.2) is 40.5 Å². The van der Waals surface area contributed by atoms with E-state index in [0.717, 1.165) is 18.4 Å². The lowest BCUT2D eigenvalue weighted by Gasteiger charge is -2.25. The Morgan fingerprint density at radius 2 is 1.83 bits per heavy atom. The molecule has 2 N–H and O–H groups in total. The van der Waals surface area contributed by atoms with Gasteiger partial charge in [0.2, 0.25) is 0 Å². The molecule has 1 atom stereocenters. The number of carbonyl (C=O) groups excluding carboxylic acids is 2. The second kappa shape index (κ2) is 8.39. The maximum absolute atomic E-state index is 12.9. The molecule has 152 valence electrons. The Kier molecular flexibility index (Phi) is 5.92. The number of phenolic OH excluding ortho intramolecular Hbond substituents is 1. The van der Waals surface area contributed by atoms with Gasteiger partial charge in [-0.2, -0.15) is 0 Å². The van der Waals surface area contributed by atoms with E-state index >= 15 is 0 Å². The molecule has 1 unspecified atom stereocenters. The van der Waals surface area contributed by atoms with E-state index in [4.69, 9.17) is 4.74 Å². The van der Waals surface area contributed by atoms with Crippen molar-refractivity contribution in [3.8, 4) is 11.5 Å². The number of aliphatic hydroxyl groups is 1. The number of nitrogens with zero attached hydrogens (tertiary/aromatic N) is 1. The summed E-state index contributed by atoms with van der Waals surface area (Å²) in [5.74, 6) is -1.36. The Hall–Kier alpha value is -3.28. The zero-order chi connectivity index (χ0) is 21.1. The minimum Gasteiger partial charge on any atom is -0.507 e. The van der Waals surface area contributed by atoms with E-state index in [9.17, 15) is 19.8 Å². The SMILES string of the molecule is CCCCN1C(=O)C(=O)C(=C(O)c2ccc(C)cc2)C1c1ccc(O)c(OC)c1. The molecule has 6 heteroatoms. The molecule has 6 nitrogen and oxygen atoms in total. The summed E-state index contributed by atoms with van der Waals surface area (Å²) in [6.07, 6.45) is 1.58. The first-order chi connectivity index (χ1) is 13.9. The van der Waals surface area contributed by atoms with Crippen LogP contribution < -0.4 is 4.74 Å². The highest BCUT2D eigenvalue weighted by Gasteiger charge is 2.45. The third-order valence-electron chi connectivity index (χ3n) is 5.14. The lowest BCUT2D eigenvalue weighted by Crippen LogP contribution is -2.30. The fourth-order valence-electron chi connectivity index (χ4n) is 3.52. The first-order valence-corrected chi connectivity index (χ1v) is 9.61. The quantitative estimate of drug-likeness (QED) is 0.440. The Morgan fingerprint density at radius 1 is 1.14 bits per heavy atom. The lowest BCUT2D eigenvalue weighted by atomic mass is 9.94. The molecule has 0 bridgehead atoms. The highest BCUT2D eigenvalue weighted by Crippen LogP contribution is 2.41. The summed E-state index contributed by atoms with van der Waals surface area (Å²) in [7, 11) is 1.43. The second-order valence-electron chi connectivity index (χ2n) is 7.14. The molecule has 2 aromatic carbocycles. The van der Waals surface area contributed by atoms with E-state index in [1.165, 1.54) is 18.1 Å². The Balaban J connectivity index is 2.18. The van der Waals surface area contributed by atoms with E-state index in [0.29, 0.717) is 17.7 Å². The van der Waals surface area contributed by atoms with Crippen LogP contribution in [0.25, 0.3) is 5.76 Å². The number of aryl methyl sites for hydroxylation is 1. The van der Waals surface area contributed by atoms with Gasteiger partial charge in [-0.15, -0.1) is 0 Å². The monoisotopic (exact) mass is 395 g/mol. The lowest BCUT2D eigenvalue weighted by molar-refractivity contribution is -0.139. The number of hydrogen-bond acceptors (Lipinski definition) is 5. The molecule has 0 spiro atoms. The van der Waals surface area contributed by atoms with Crippen LogP contribution in [0.15, 0.2) is 48.0 Å². The van der Waals surface area contributed by atoms with Crippen molar-refractivity contribution in [2.75, 3.05) is 13.7 Å². The summed E-state index contributed by atoms with van der Waals surface area (Å²) >= 11 is 0. The van der Waals surface area contributed by atoms with Gasteiger partial charge >= 0.3 is 0 Å². The van der Waals surface area contributed by atoms with Crippen LogP contribution >= 0.6 is 0 Å². The van der Waals surface area contributed by atoms with Crippen molar-refractivity contribution < 1.29 is 24.5 Å². The largest absolute Gasteiger partial charge is 0.507 e. The number of benzene rings is 2. The predicted molar refractivity (Wildman–Crippen MR) is 110 cm³/mol. The number of ketones is 1. The first-order valence-electron chi connectivity index (χ1n) is 9.61. The molecule has 1 fully saturated rings. The number of likely N-dealkylation sites (tertiary alicyclic amines) is 1. The molecule has 1 heterocycles. The number of methoxy groups -OCH3 is 1. The van der Waals surface area contributed by atoms with Crippen LogP contribution in [0.4, 0.5) is 0 Å². The number of carbonyl (C=O) groups is 2. The normalized spacial score (nSPS) is 18.3. The second-order valence-corrected chi connectivity index (χ2v) is 7.14. The molecule has 1 aliphatic rings. The van der Waals surface area contributed by atoms with Gasteiger partial charge < -0.3 is 19.8 Å². The number of amides is 1. The van der Waals surface area contributed by atoms with Crippen molar-refractivity contribution in [3.05, 3.63) is 64.7 Å². The molecule has 1 amide bonds. The summed E-state index contributed by atoms with van der Waals surface area (Å²) < 4.78 is 5.19. The Bertz CT molecular complexity index is 962. The van der Waals surface area contributed by atoms with Gasteiger partial charge in [-0.1, -0.05) is 49.2 Å². The van der Waals surface area contributed by atoms with Gasteiger partial charge in [0.25, 0.3) is 11.7 Å². The molecule has 1 aliphatic heterocycles. The number of Topliss-reactive ketones (excluding diaryl/α,β-unsaturated/α-hetero) is 1. The van der Waals surface area contributed by atoms with Gasteiger partial charge in [-0.3, -0.25) is 9.59 Å². The maximum atomic E-state index is 12.9. The van der Waals surface area contributed by atoms with Crippen LogP contribution in [-0.2, 0) is 9.59 Å². The van der Waals surface area contributed by atoms with E-state index in [1.807, 2.05) is 26.0 Å². The van der Waals surface area contributed by atoms with Gasteiger partial charge in [-0.05, 0) is 31.0 Å². The number of aromatic hydroxyl groups is 1. The smallest absolute Gasteiger partial charge is 0.295 e. The maximum Gasteiger partial charge on any atom is 0.295 e. The van der Waals surface area contributed by atoms with E-state index in [-0.39, 0.29) is 22.8 Å². The molecule has 3 rings (SSSR count). The van der Waals surface area contributed by atoms with Crippen molar-refractivity contribution >= 4 is 17.4 Å². The third kappa shape index (κ3) is 3.83. The molecule has 1 saturated heterocycles. The van der Waals surface area contributed by atoms with Crippen LogP contribution in [0, 0.1) is 6.92 Å². The Labute approximate surface area is 170 Å². The van der Waals surface area contributed by atoms with E-state index < -0.39 is 17.7 Å². The van der Waals surface area contributed by atoms with Crippen molar-refractivity contribution in [1.29, 1.82) is 0 Å². The average molecular weight is 395 g/mol. The van der Waals surface area contributed by atoms with Crippen LogP contribution in [0.2, 0.25) is 0 Å². The van der Waals surface area contributed by atoms with Crippen molar-refractivity contribution in [2.45, 2.75) is 32.7 Å². The van der Waals surface area contributed by atoms with E-state index in [2.05, 4.69) is 0 Å².